The van der Waals surface area contributed by atoms with E-state index >= 15 is 0 Å². The number of benzene rings is 2. The van der Waals surface area contributed by atoms with Gasteiger partial charge in [-0.2, -0.15) is 4.98 Å². The van der Waals surface area contributed by atoms with Crippen LogP contribution in [0, 0.1) is 13.8 Å². The molecule has 1 amide bonds. The summed E-state index contributed by atoms with van der Waals surface area (Å²) in [6, 6.07) is 19.6. The average molecular weight is 433 g/mol. The van der Waals surface area contributed by atoms with Crippen LogP contribution in [0.5, 0.6) is 0 Å². The molecule has 0 saturated carbocycles. The van der Waals surface area contributed by atoms with Gasteiger partial charge in [-0.05, 0) is 56.4 Å². The van der Waals surface area contributed by atoms with E-state index in [1.807, 2.05) is 85.8 Å². The minimum absolute atomic E-state index is 0.0741. The third-order valence-corrected chi connectivity index (χ3v) is 5.62. The van der Waals surface area contributed by atoms with Crippen molar-refractivity contribution in [2.45, 2.75) is 31.8 Å². The summed E-state index contributed by atoms with van der Waals surface area (Å²) in [4.78, 5) is 21.9. The van der Waals surface area contributed by atoms with Crippen LogP contribution in [-0.4, -0.2) is 31.7 Å². The number of hydrogen-bond acceptors (Lipinski definition) is 6. The van der Waals surface area contributed by atoms with E-state index in [1.54, 1.807) is 4.52 Å². The highest BCUT2D eigenvalue weighted by Crippen LogP contribution is 2.23. The number of carbonyl (C=O) groups excluding carboxylic acids is 1. The van der Waals surface area contributed by atoms with E-state index < -0.39 is 0 Å². The first-order valence-corrected chi connectivity index (χ1v) is 11.3. The van der Waals surface area contributed by atoms with Crippen LogP contribution in [0.2, 0.25) is 0 Å². The van der Waals surface area contributed by atoms with Gasteiger partial charge in [-0.3, -0.25) is 15.2 Å². The minimum atomic E-state index is -0.0741. The Bertz CT molecular complexity index is 1150. The number of thioether (sulfide) groups is 1. The van der Waals surface area contributed by atoms with Crippen LogP contribution >= 0.6 is 11.8 Å². The van der Waals surface area contributed by atoms with Crippen LogP contribution in [0.3, 0.4) is 0 Å². The molecule has 8 heteroatoms. The fourth-order valence-electron chi connectivity index (χ4n) is 3.49. The van der Waals surface area contributed by atoms with Crippen LogP contribution in [-0.2, 0) is 11.2 Å². The van der Waals surface area contributed by atoms with Crippen molar-refractivity contribution in [1.29, 1.82) is 0 Å². The number of rotatable bonds is 7. The quantitative estimate of drug-likeness (QED) is 0.347. The fourth-order valence-corrected chi connectivity index (χ4v) is 3.83. The Morgan fingerprint density at radius 2 is 1.61 bits per heavy atom. The Labute approximate surface area is 185 Å². The lowest BCUT2D eigenvalue weighted by Gasteiger charge is -2.25. The molecule has 4 rings (SSSR count). The second-order valence-electron chi connectivity index (χ2n) is 7.11. The standard InChI is InChI=1S/C23H24N6OS/c1-16-20(17(2)28-22(24-16)25-23(27-28)31-3)14-15-21(30)26-29(18-10-6-4-7-11-18)19-12-8-5-9-13-19/h4-13H,14-15H2,1-3H3,(H,26,30). The molecule has 158 valence electrons. The van der Waals surface area contributed by atoms with Gasteiger partial charge < -0.3 is 0 Å². The Balaban J connectivity index is 1.53. The number of aromatic nitrogens is 4. The van der Waals surface area contributed by atoms with Gasteiger partial charge in [0.15, 0.2) is 0 Å². The third kappa shape index (κ3) is 4.54. The Kier molecular flexibility index (Phi) is 6.18. The summed E-state index contributed by atoms with van der Waals surface area (Å²) in [5.41, 5.74) is 7.69. The zero-order valence-electron chi connectivity index (χ0n) is 17.7. The van der Waals surface area contributed by atoms with E-state index in [0.29, 0.717) is 23.8 Å². The summed E-state index contributed by atoms with van der Waals surface area (Å²) in [6.45, 7) is 3.95. The SMILES string of the molecule is CSc1nc2nc(C)c(CCC(=O)NN(c3ccccc3)c3ccccc3)c(C)n2n1. The molecule has 0 fully saturated rings. The summed E-state index contributed by atoms with van der Waals surface area (Å²) in [5.74, 6) is 0.516. The maximum absolute atomic E-state index is 12.9. The molecule has 0 aliphatic rings. The van der Waals surface area contributed by atoms with E-state index in [4.69, 9.17) is 0 Å². The predicted molar refractivity (Wildman–Crippen MR) is 124 cm³/mol. The molecule has 2 aromatic heterocycles. The molecule has 0 bridgehead atoms. The number of para-hydroxylation sites is 2. The zero-order chi connectivity index (χ0) is 21.8. The first-order chi connectivity index (χ1) is 15.1. The van der Waals surface area contributed by atoms with Crippen molar-refractivity contribution in [3.8, 4) is 0 Å². The van der Waals surface area contributed by atoms with Gasteiger partial charge in [0.25, 0.3) is 5.78 Å². The van der Waals surface area contributed by atoms with Crippen molar-refractivity contribution in [2.24, 2.45) is 0 Å². The topological polar surface area (TPSA) is 75.4 Å². The van der Waals surface area contributed by atoms with Crippen molar-refractivity contribution in [3.63, 3.8) is 0 Å². The van der Waals surface area contributed by atoms with Crippen LogP contribution in [0.1, 0.15) is 23.4 Å². The van der Waals surface area contributed by atoms with Gasteiger partial charge in [-0.1, -0.05) is 48.2 Å². The number of anilines is 2. The molecular weight excluding hydrogens is 408 g/mol. The van der Waals surface area contributed by atoms with Crippen LogP contribution in [0.4, 0.5) is 11.4 Å². The lowest BCUT2D eigenvalue weighted by atomic mass is 10.1. The van der Waals surface area contributed by atoms with Crippen molar-refractivity contribution < 1.29 is 4.79 Å². The molecule has 0 unspecified atom stereocenters. The van der Waals surface area contributed by atoms with Crippen LogP contribution in [0.25, 0.3) is 5.78 Å². The molecule has 2 aromatic carbocycles. The molecule has 0 radical (unpaired) electrons. The lowest BCUT2D eigenvalue weighted by Crippen LogP contribution is -2.39. The molecular formula is C23H24N6OS. The Morgan fingerprint density at radius 1 is 1.00 bits per heavy atom. The van der Waals surface area contributed by atoms with E-state index in [-0.39, 0.29) is 5.91 Å². The Hall–Kier alpha value is -3.39. The molecule has 31 heavy (non-hydrogen) atoms. The van der Waals surface area contributed by atoms with Gasteiger partial charge in [0.2, 0.25) is 11.1 Å². The van der Waals surface area contributed by atoms with Gasteiger partial charge in [-0.25, -0.2) is 9.50 Å². The lowest BCUT2D eigenvalue weighted by molar-refractivity contribution is -0.121. The first kappa shape index (κ1) is 20.9. The van der Waals surface area contributed by atoms with E-state index in [2.05, 4.69) is 20.5 Å². The van der Waals surface area contributed by atoms with Crippen molar-refractivity contribution in [2.75, 3.05) is 11.3 Å². The summed E-state index contributed by atoms with van der Waals surface area (Å²) >= 11 is 1.48. The number of aryl methyl sites for hydroxylation is 2. The molecule has 0 saturated heterocycles. The van der Waals surface area contributed by atoms with Crippen molar-refractivity contribution in [3.05, 3.63) is 77.6 Å². The number of hydrazine groups is 1. The summed E-state index contributed by atoms with van der Waals surface area (Å²) in [5, 5.41) is 6.98. The van der Waals surface area contributed by atoms with Crippen LogP contribution in [0.15, 0.2) is 65.8 Å². The summed E-state index contributed by atoms with van der Waals surface area (Å²) in [7, 11) is 0. The van der Waals surface area contributed by atoms with Gasteiger partial charge in [0.05, 0.1) is 11.4 Å². The Morgan fingerprint density at radius 3 is 2.19 bits per heavy atom. The zero-order valence-corrected chi connectivity index (χ0v) is 18.6. The molecule has 7 nitrogen and oxygen atoms in total. The van der Waals surface area contributed by atoms with Gasteiger partial charge in [0.1, 0.15) is 0 Å². The van der Waals surface area contributed by atoms with Crippen molar-refractivity contribution >= 4 is 34.8 Å². The number of amides is 1. The third-order valence-electron chi connectivity index (χ3n) is 5.08. The highest BCUT2D eigenvalue weighted by Gasteiger charge is 2.16. The van der Waals surface area contributed by atoms with Crippen LogP contribution < -0.4 is 10.4 Å². The number of nitrogens with one attached hydrogen (secondary N) is 1. The van der Waals surface area contributed by atoms with E-state index in [1.165, 1.54) is 11.8 Å². The second kappa shape index (κ2) is 9.18. The maximum Gasteiger partial charge on any atom is 0.253 e. The molecule has 0 spiro atoms. The highest BCUT2D eigenvalue weighted by molar-refractivity contribution is 7.98. The first-order valence-electron chi connectivity index (χ1n) is 10.0. The largest absolute Gasteiger partial charge is 0.273 e. The summed E-state index contributed by atoms with van der Waals surface area (Å²) < 4.78 is 1.76. The number of fused-ring (bicyclic) bond motifs is 1. The monoisotopic (exact) mass is 432 g/mol. The number of hydrogen-bond donors (Lipinski definition) is 1. The van der Waals surface area contributed by atoms with Gasteiger partial charge in [-0.15, -0.1) is 5.10 Å². The predicted octanol–water partition coefficient (Wildman–Crippen LogP) is 4.27. The highest BCUT2D eigenvalue weighted by atomic mass is 32.2. The van der Waals surface area contributed by atoms with E-state index in [0.717, 1.165) is 28.3 Å². The molecule has 0 atom stereocenters. The normalized spacial score (nSPS) is 10.9. The minimum Gasteiger partial charge on any atom is -0.273 e. The molecule has 0 aliphatic carbocycles. The van der Waals surface area contributed by atoms with E-state index in [9.17, 15) is 4.79 Å². The maximum atomic E-state index is 12.9. The van der Waals surface area contributed by atoms with Gasteiger partial charge >= 0.3 is 0 Å². The molecule has 1 N–H and O–H groups in total. The smallest absolute Gasteiger partial charge is 0.253 e. The number of nitrogens with zero attached hydrogens (tertiary/aromatic N) is 5. The number of carbonyl (C=O) groups is 1. The fraction of sp³-hybridized carbons (Fsp3) is 0.217. The summed E-state index contributed by atoms with van der Waals surface area (Å²) in [6.07, 6.45) is 2.83. The molecule has 2 heterocycles. The van der Waals surface area contributed by atoms with Crippen molar-refractivity contribution in [1.82, 2.24) is 25.0 Å². The second-order valence-corrected chi connectivity index (χ2v) is 7.89. The molecule has 0 aliphatic heterocycles. The molecule has 4 aromatic rings. The average Bonchev–Trinajstić information content (AvgIpc) is 3.22. The van der Waals surface area contributed by atoms with Gasteiger partial charge in [0, 0.05) is 17.8 Å².